The van der Waals surface area contributed by atoms with E-state index in [-0.39, 0.29) is 5.97 Å². The Morgan fingerprint density at radius 2 is 2.00 bits per heavy atom. The van der Waals surface area contributed by atoms with Crippen LogP contribution >= 0.6 is 0 Å². The van der Waals surface area contributed by atoms with E-state index in [1.54, 1.807) is 18.5 Å². The number of aromatic nitrogens is 2. The summed E-state index contributed by atoms with van der Waals surface area (Å²) in [7, 11) is 1.39. The van der Waals surface area contributed by atoms with Crippen molar-refractivity contribution in [2.75, 3.05) is 12.4 Å². The minimum atomic E-state index is -0.373. The highest BCUT2D eigenvalue weighted by molar-refractivity contribution is 5.98. The fourth-order valence-corrected chi connectivity index (χ4v) is 3.03. The molecule has 2 heterocycles. The number of fused-ring (bicyclic) bond motifs is 1. The maximum absolute atomic E-state index is 12.1. The summed E-state index contributed by atoms with van der Waals surface area (Å²) < 4.78 is 4.92. The van der Waals surface area contributed by atoms with Gasteiger partial charge in [-0.1, -0.05) is 12.1 Å². The van der Waals surface area contributed by atoms with Crippen LogP contribution in [0.25, 0.3) is 22.0 Å². The van der Waals surface area contributed by atoms with E-state index in [4.69, 9.17) is 4.74 Å². The number of rotatable bonds is 4. The Balaban J connectivity index is 1.84. The first kappa shape index (κ1) is 15.9. The summed E-state index contributed by atoms with van der Waals surface area (Å²) in [5.74, 6) is -0.373. The molecule has 128 valence electrons. The van der Waals surface area contributed by atoms with Crippen LogP contribution in [0.5, 0.6) is 0 Å². The molecule has 2 aromatic heterocycles. The molecule has 0 aliphatic carbocycles. The number of aromatic amines is 1. The van der Waals surface area contributed by atoms with Gasteiger partial charge in [0.1, 0.15) is 0 Å². The maximum Gasteiger partial charge on any atom is 0.337 e. The summed E-state index contributed by atoms with van der Waals surface area (Å²) in [5, 5.41) is 4.40. The third-order valence-electron chi connectivity index (χ3n) is 4.21. The van der Waals surface area contributed by atoms with E-state index in [2.05, 4.69) is 15.3 Å². The summed E-state index contributed by atoms with van der Waals surface area (Å²) in [6.07, 6.45) is 5.36. The van der Waals surface area contributed by atoms with E-state index in [1.807, 2.05) is 54.7 Å². The molecule has 0 unspecified atom stereocenters. The topological polar surface area (TPSA) is 67.0 Å². The van der Waals surface area contributed by atoms with Gasteiger partial charge in [-0.2, -0.15) is 0 Å². The number of nitrogens with zero attached hydrogens (tertiary/aromatic N) is 1. The van der Waals surface area contributed by atoms with Crippen LogP contribution in [0.4, 0.5) is 11.4 Å². The number of hydrogen-bond acceptors (Lipinski definition) is 4. The van der Waals surface area contributed by atoms with Crippen molar-refractivity contribution in [1.29, 1.82) is 0 Å². The number of carbonyl (C=O) groups excluding carboxylic acids is 1. The van der Waals surface area contributed by atoms with E-state index in [0.29, 0.717) is 5.56 Å². The molecule has 4 aromatic rings. The lowest BCUT2D eigenvalue weighted by Gasteiger charge is -2.12. The van der Waals surface area contributed by atoms with Gasteiger partial charge >= 0.3 is 5.97 Å². The molecule has 0 atom stereocenters. The summed E-state index contributed by atoms with van der Waals surface area (Å²) >= 11 is 0. The average molecular weight is 343 g/mol. The highest BCUT2D eigenvalue weighted by Gasteiger charge is 2.12. The Morgan fingerprint density at radius 1 is 1.08 bits per heavy atom. The smallest absolute Gasteiger partial charge is 0.337 e. The number of nitrogens with one attached hydrogen (secondary N) is 2. The van der Waals surface area contributed by atoms with Gasteiger partial charge < -0.3 is 15.0 Å². The number of esters is 1. The highest BCUT2D eigenvalue weighted by Crippen LogP contribution is 2.32. The molecule has 0 saturated carbocycles. The van der Waals surface area contributed by atoms with E-state index in [1.165, 1.54) is 7.11 Å². The summed E-state index contributed by atoms with van der Waals surface area (Å²) in [6, 6.07) is 17.5. The van der Waals surface area contributed by atoms with E-state index in [9.17, 15) is 4.79 Å². The molecule has 0 radical (unpaired) electrons. The Kier molecular flexibility index (Phi) is 4.11. The van der Waals surface area contributed by atoms with Gasteiger partial charge in [-0.25, -0.2) is 4.79 Å². The van der Waals surface area contributed by atoms with Crippen LogP contribution in [0.3, 0.4) is 0 Å². The third-order valence-corrected chi connectivity index (χ3v) is 4.21. The van der Waals surface area contributed by atoms with Crippen LogP contribution in [0, 0.1) is 0 Å². The van der Waals surface area contributed by atoms with Crippen LogP contribution in [-0.4, -0.2) is 23.0 Å². The first-order valence-corrected chi connectivity index (χ1v) is 8.21. The predicted molar refractivity (Wildman–Crippen MR) is 103 cm³/mol. The van der Waals surface area contributed by atoms with Gasteiger partial charge in [0.25, 0.3) is 0 Å². The van der Waals surface area contributed by atoms with Crippen molar-refractivity contribution >= 4 is 28.2 Å². The van der Waals surface area contributed by atoms with Crippen LogP contribution < -0.4 is 5.32 Å². The number of ether oxygens (including phenoxy) is 1. The molecule has 0 amide bonds. The van der Waals surface area contributed by atoms with Crippen LogP contribution in [0.1, 0.15) is 10.4 Å². The molecule has 0 aliphatic heterocycles. The molecule has 0 aliphatic rings. The second kappa shape index (κ2) is 6.72. The zero-order valence-corrected chi connectivity index (χ0v) is 14.2. The fourth-order valence-electron chi connectivity index (χ4n) is 3.03. The van der Waals surface area contributed by atoms with Crippen molar-refractivity contribution in [3.05, 3.63) is 78.8 Å². The summed E-state index contributed by atoms with van der Waals surface area (Å²) in [4.78, 5) is 19.5. The molecular formula is C21H17N3O2. The number of anilines is 2. The van der Waals surface area contributed by atoms with Crippen molar-refractivity contribution in [3.8, 4) is 11.1 Å². The molecular weight excluding hydrogens is 326 g/mol. The minimum Gasteiger partial charge on any atom is -0.465 e. The molecule has 2 aromatic carbocycles. The summed E-state index contributed by atoms with van der Waals surface area (Å²) in [5.41, 5.74) is 5.16. The molecule has 5 heteroatoms. The standard InChI is InChI=1S/C21H17N3O2/c1-26-21(25)15-10-14(18-5-2-6-20-19(18)7-9-23-20)11-17(12-15)24-16-4-3-8-22-13-16/h2-13,23-24H,1H3. The second-order valence-corrected chi connectivity index (χ2v) is 5.90. The first-order chi connectivity index (χ1) is 12.7. The Labute approximate surface area is 150 Å². The molecule has 0 spiro atoms. The van der Waals surface area contributed by atoms with Gasteiger partial charge in [0.05, 0.1) is 24.6 Å². The lowest BCUT2D eigenvalue weighted by Crippen LogP contribution is -2.03. The molecule has 0 saturated heterocycles. The van der Waals surface area contributed by atoms with Gasteiger partial charge in [0.15, 0.2) is 0 Å². The Bertz CT molecular complexity index is 1070. The number of pyridine rings is 1. The molecule has 0 fully saturated rings. The monoisotopic (exact) mass is 343 g/mol. The lowest BCUT2D eigenvalue weighted by molar-refractivity contribution is 0.0601. The molecule has 26 heavy (non-hydrogen) atoms. The van der Waals surface area contributed by atoms with Crippen LogP contribution in [0.2, 0.25) is 0 Å². The number of hydrogen-bond donors (Lipinski definition) is 2. The zero-order valence-electron chi connectivity index (χ0n) is 14.2. The highest BCUT2D eigenvalue weighted by atomic mass is 16.5. The van der Waals surface area contributed by atoms with Crippen molar-refractivity contribution in [2.24, 2.45) is 0 Å². The normalized spacial score (nSPS) is 10.7. The summed E-state index contributed by atoms with van der Waals surface area (Å²) in [6.45, 7) is 0. The first-order valence-electron chi connectivity index (χ1n) is 8.21. The maximum atomic E-state index is 12.1. The van der Waals surface area contributed by atoms with Gasteiger partial charge in [-0.05, 0) is 53.6 Å². The predicted octanol–water partition coefficient (Wildman–Crippen LogP) is 4.76. The largest absolute Gasteiger partial charge is 0.465 e. The number of benzene rings is 2. The molecule has 2 N–H and O–H groups in total. The number of carbonyl (C=O) groups is 1. The zero-order chi connectivity index (χ0) is 17.9. The fraction of sp³-hybridized carbons (Fsp3) is 0.0476. The van der Waals surface area contributed by atoms with E-state index in [0.717, 1.165) is 33.4 Å². The Morgan fingerprint density at radius 3 is 2.81 bits per heavy atom. The van der Waals surface area contributed by atoms with Crippen molar-refractivity contribution < 1.29 is 9.53 Å². The molecule has 4 rings (SSSR count). The van der Waals surface area contributed by atoms with Crippen molar-refractivity contribution in [3.63, 3.8) is 0 Å². The van der Waals surface area contributed by atoms with Crippen LogP contribution in [-0.2, 0) is 4.74 Å². The SMILES string of the molecule is COC(=O)c1cc(Nc2cccnc2)cc(-c2cccc3[nH]ccc23)c1. The quantitative estimate of drug-likeness (QED) is 0.524. The minimum absolute atomic E-state index is 0.373. The molecule has 5 nitrogen and oxygen atoms in total. The van der Waals surface area contributed by atoms with Gasteiger partial charge in [-0.3, -0.25) is 4.98 Å². The van der Waals surface area contributed by atoms with Crippen molar-refractivity contribution in [1.82, 2.24) is 9.97 Å². The van der Waals surface area contributed by atoms with Crippen LogP contribution in [0.15, 0.2) is 73.2 Å². The lowest BCUT2D eigenvalue weighted by atomic mass is 9.99. The third kappa shape index (κ3) is 3.02. The van der Waals surface area contributed by atoms with E-state index < -0.39 is 0 Å². The Hall–Kier alpha value is -3.60. The van der Waals surface area contributed by atoms with Crippen molar-refractivity contribution in [2.45, 2.75) is 0 Å². The number of methoxy groups -OCH3 is 1. The van der Waals surface area contributed by atoms with Gasteiger partial charge in [0, 0.05) is 29.0 Å². The van der Waals surface area contributed by atoms with E-state index >= 15 is 0 Å². The average Bonchev–Trinajstić information content (AvgIpc) is 3.16. The van der Waals surface area contributed by atoms with Gasteiger partial charge in [0.2, 0.25) is 0 Å². The number of H-pyrrole nitrogens is 1. The van der Waals surface area contributed by atoms with Gasteiger partial charge in [-0.15, -0.1) is 0 Å². The molecule has 0 bridgehead atoms. The second-order valence-electron chi connectivity index (χ2n) is 5.90.